The van der Waals surface area contributed by atoms with Crippen LogP contribution in [0.5, 0.6) is 0 Å². The van der Waals surface area contributed by atoms with Gasteiger partial charge in [-0.2, -0.15) is 24.7 Å². The number of nitrogen functional groups attached to an aromatic ring is 1. The molecule has 0 aliphatic heterocycles. The van der Waals surface area contributed by atoms with Gasteiger partial charge in [-0.15, -0.1) is 5.10 Å². The molecule has 2 heterocycles. The first-order valence-electron chi connectivity index (χ1n) is 7.65. The van der Waals surface area contributed by atoms with Crippen molar-refractivity contribution in [1.29, 1.82) is 5.26 Å². The summed E-state index contributed by atoms with van der Waals surface area (Å²) in [6.45, 7) is 0. The number of aromatic nitrogens is 5. The lowest BCUT2D eigenvalue weighted by Gasteiger charge is -2.22. The highest BCUT2D eigenvalue weighted by atomic mass is 16.1. The van der Waals surface area contributed by atoms with Gasteiger partial charge in [-0.05, 0) is 12.8 Å². The smallest absolute Gasteiger partial charge is 0.259 e. The number of nitrogens with two attached hydrogens (primary N) is 2. The van der Waals surface area contributed by atoms with Crippen molar-refractivity contribution in [2.45, 2.75) is 38.1 Å². The maximum atomic E-state index is 11.1. The number of primary amides is 1. The van der Waals surface area contributed by atoms with Crippen LogP contribution >= 0.6 is 0 Å². The summed E-state index contributed by atoms with van der Waals surface area (Å²) < 4.78 is 1.24. The zero-order valence-electron chi connectivity index (χ0n) is 12.9. The van der Waals surface area contributed by atoms with Crippen LogP contribution in [-0.4, -0.2) is 36.5 Å². The molecular weight excluding hydrogens is 310 g/mol. The van der Waals surface area contributed by atoms with Gasteiger partial charge in [-0.25, -0.2) is 0 Å². The van der Waals surface area contributed by atoms with E-state index in [0.717, 1.165) is 12.8 Å². The van der Waals surface area contributed by atoms with E-state index in [9.17, 15) is 4.79 Å². The van der Waals surface area contributed by atoms with Crippen molar-refractivity contribution in [1.82, 2.24) is 24.6 Å². The molecule has 1 fully saturated rings. The average molecular weight is 327 g/mol. The predicted molar refractivity (Wildman–Crippen MR) is 86.3 cm³/mol. The van der Waals surface area contributed by atoms with Gasteiger partial charge in [0.15, 0.2) is 5.82 Å². The molecule has 10 nitrogen and oxygen atoms in total. The van der Waals surface area contributed by atoms with Crippen molar-refractivity contribution in [3.05, 3.63) is 11.4 Å². The number of carbonyl (C=O) groups excluding carboxylic acids is 1. The van der Waals surface area contributed by atoms with E-state index in [4.69, 9.17) is 16.7 Å². The van der Waals surface area contributed by atoms with Crippen molar-refractivity contribution in [3.8, 4) is 6.07 Å². The zero-order chi connectivity index (χ0) is 17.1. The summed E-state index contributed by atoms with van der Waals surface area (Å²) >= 11 is 0. The number of anilines is 2. The van der Waals surface area contributed by atoms with E-state index in [1.165, 1.54) is 29.9 Å². The van der Waals surface area contributed by atoms with E-state index in [1.807, 2.05) is 0 Å². The minimum atomic E-state index is -0.852. The van der Waals surface area contributed by atoms with Crippen LogP contribution in [0, 0.1) is 11.3 Å². The normalized spacial score (nSPS) is 16.0. The molecule has 0 aromatic carbocycles. The Balaban J connectivity index is 1.90. The van der Waals surface area contributed by atoms with E-state index in [0.29, 0.717) is 12.0 Å². The molecule has 124 valence electrons. The number of hydrogen-bond acceptors (Lipinski definition) is 8. The molecule has 0 bridgehead atoms. The summed E-state index contributed by atoms with van der Waals surface area (Å²) in [5.41, 5.74) is 10.7. The second kappa shape index (κ2) is 6.49. The Bertz CT molecular complexity index is 842. The second-order valence-corrected chi connectivity index (χ2v) is 5.60. The first kappa shape index (κ1) is 15.7. The molecule has 1 aliphatic rings. The second-order valence-electron chi connectivity index (χ2n) is 5.60. The van der Waals surface area contributed by atoms with Crippen LogP contribution in [0.2, 0.25) is 0 Å². The highest BCUT2D eigenvalue weighted by Crippen LogP contribution is 2.20. The van der Waals surface area contributed by atoms with Gasteiger partial charge in [0.25, 0.3) is 11.7 Å². The molecular formula is C14H17N9O. The van der Waals surface area contributed by atoms with Gasteiger partial charge >= 0.3 is 0 Å². The maximum absolute atomic E-state index is 11.1. The number of carbonyl (C=O) groups is 1. The lowest BCUT2D eigenvalue weighted by Crippen LogP contribution is -2.24. The van der Waals surface area contributed by atoms with Crippen LogP contribution in [0.3, 0.4) is 0 Å². The van der Waals surface area contributed by atoms with Crippen LogP contribution in [0.1, 0.15) is 37.9 Å². The largest absolute Gasteiger partial charge is 0.368 e. The minimum absolute atomic E-state index is 0.112. The summed E-state index contributed by atoms with van der Waals surface area (Å²) in [5, 5.41) is 16.2. The molecule has 10 heteroatoms. The Morgan fingerprint density at radius 1 is 1.29 bits per heavy atom. The third-order valence-electron chi connectivity index (χ3n) is 3.85. The van der Waals surface area contributed by atoms with Crippen LogP contribution in [0.4, 0.5) is 11.9 Å². The van der Waals surface area contributed by atoms with Crippen molar-refractivity contribution >= 4 is 29.7 Å². The van der Waals surface area contributed by atoms with Gasteiger partial charge in [0, 0.05) is 12.1 Å². The SMILES string of the molecule is N#CC(=Cc1nc2nc(NC3CCCCC3)nc(N)n2n1)C(N)=O. The van der Waals surface area contributed by atoms with E-state index in [1.54, 1.807) is 6.07 Å². The molecule has 5 N–H and O–H groups in total. The fourth-order valence-corrected chi connectivity index (χ4v) is 2.66. The lowest BCUT2D eigenvalue weighted by atomic mass is 9.96. The van der Waals surface area contributed by atoms with Gasteiger partial charge in [-0.1, -0.05) is 19.3 Å². The summed E-state index contributed by atoms with van der Waals surface area (Å²) in [4.78, 5) is 23.7. The number of fused-ring (bicyclic) bond motifs is 1. The van der Waals surface area contributed by atoms with E-state index in [2.05, 4.69) is 25.4 Å². The number of amides is 1. The Hall–Kier alpha value is -3.22. The molecule has 24 heavy (non-hydrogen) atoms. The fraction of sp³-hybridized carbons (Fsp3) is 0.429. The van der Waals surface area contributed by atoms with Gasteiger partial charge in [0.1, 0.15) is 11.6 Å². The Morgan fingerprint density at radius 3 is 2.71 bits per heavy atom. The van der Waals surface area contributed by atoms with Crippen LogP contribution < -0.4 is 16.8 Å². The van der Waals surface area contributed by atoms with Crippen molar-refractivity contribution in [2.75, 3.05) is 11.1 Å². The summed E-state index contributed by atoms with van der Waals surface area (Å²) in [5.74, 6) is -0.00154. The van der Waals surface area contributed by atoms with Crippen LogP contribution in [0.15, 0.2) is 5.57 Å². The van der Waals surface area contributed by atoms with Crippen LogP contribution in [0.25, 0.3) is 11.9 Å². The fourth-order valence-electron chi connectivity index (χ4n) is 2.66. The van der Waals surface area contributed by atoms with Crippen LogP contribution in [-0.2, 0) is 4.79 Å². The summed E-state index contributed by atoms with van der Waals surface area (Å²) in [7, 11) is 0. The Kier molecular flexibility index (Phi) is 4.24. The van der Waals surface area contributed by atoms with Crippen molar-refractivity contribution in [3.63, 3.8) is 0 Å². The molecule has 0 unspecified atom stereocenters. The standard InChI is InChI=1S/C14H17N9O/c15-7-8(11(16)24)6-10-19-14-21-13(20-12(17)23(14)22-10)18-9-4-2-1-3-5-9/h6,9H,1-5H2,(H2,16,24)(H3,17,18,19,20,21,22). The molecule has 0 spiro atoms. The van der Waals surface area contributed by atoms with Crippen molar-refractivity contribution < 1.29 is 4.79 Å². The molecule has 1 aliphatic carbocycles. The zero-order valence-corrected chi connectivity index (χ0v) is 12.9. The molecule has 0 saturated heterocycles. The number of nitriles is 1. The van der Waals surface area contributed by atoms with E-state index in [-0.39, 0.29) is 23.1 Å². The third kappa shape index (κ3) is 3.24. The van der Waals surface area contributed by atoms with E-state index < -0.39 is 5.91 Å². The molecule has 0 atom stereocenters. The average Bonchev–Trinajstić information content (AvgIpc) is 2.96. The Morgan fingerprint density at radius 2 is 2.04 bits per heavy atom. The number of nitrogens with one attached hydrogen (secondary N) is 1. The van der Waals surface area contributed by atoms with Gasteiger partial charge in [0.05, 0.1) is 0 Å². The number of rotatable bonds is 4. The lowest BCUT2D eigenvalue weighted by molar-refractivity contribution is -0.114. The van der Waals surface area contributed by atoms with Gasteiger partial charge in [0.2, 0.25) is 11.9 Å². The van der Waals surface area contributed by atoms with Gasteiger partial charge < -0.3 is 16.8 Å². The molecule has 1 amide bonds. The molecule has 0 radical (unpaired) electrons. The molecule has 2 aromatic rings. The molecule has 3 rings (SSSR count). The molecule has 2 aromatic heterocycles. The number of nitrogens with zero attached hydrogens (tertiary/aromatic N) is 6. The summed E-state index contributed by atoms with van der Waals surface area (Å²) in [6.07, 6.45) is 6.93. The summed E-state index contributed by atoms with van der Waals surface area (Å²) in [6, 6.07) is 2.01. The molecule has 1 saturated carbocycles. The predicted octanol–water partition coefficient (Wildman–Crippen LogP) is 0.238. The maximum Gasteiger partial charge on any atom is 0.259 e. The topological polar surface area (TPSA) is 161 Å². The van der Waals surface area contributed by atoms with E-state index >= 15 is 0 Å². The highest BCUT2D eigenvalue weighted by Gasteiger charge is 2.16. The monoisotopic (exact) mass is 327 g/mol. The quantitative estimate of drug-likeness (QED) is 0.531. The first-order valence-corrected chi connectivity index (χ1v) is 7.65. The highest BCUT2D eigenvalue weighted by molar-refractivity contribution is 6.00. The third-order valence-corrected chi connectivity index (χ3v) is 3.85. The Labute approximate surface area is 137 Å². The minimum Gasteiger partial charge on any atom is -0.368 e. The van der Waals surface area contributed by atoms with Gasteiger partial charge in [-0.3, -0.25) is 4.79 Å². The van der Waals surface area contributed by atoms with Crippen molar-refractivity contribution in [2.24, 2.45) is 5.73 Å². The first-order chi connectivity index (χ1) is 11.6. The number of hydrogen-bond donors (Lipinski definition) is 3.